The van der Waals surface area contributed by atoms with Crippen molar-refractivity contribution >= 4 is 23.0 Å². The molecular weight excluding hydrogens is 182 g/mol. The Hall–Kier alpha value is -0.640. The van der Waals surface area contributed by atoms with Gasteiger partial charge in [0, 0.05) is 12.8 Å². The van der Waals surface area contributed by atoms with Crippen molar-refractivity contribution in [3.8, 4) is 0 Å². The quantitative estimate of drug-likeness (QED) is 0.498. The Kier molecular flexibility index (Phi) is 4.15. The number of hydrogen-bond donors (Lipinski definition) is 2. The summed E-state index contributed by atoms with van der Waals surface area (Å²) in [6.45, 7) is 2.27. The molecule has 0 aromatic heterocycles. The first-order chi connectivity index (χ1) is 6.22. The molecular formula is C9H17N3S. The van der Waals surface area contributed by atoms with Gasteiger partial charge in [0.2, 0.25) is 0 Å². The first-order valence-electron chi connectivity index (χ1n) is 4.75. The molecule has 1 aliphatic rings. The third-order valence-electron chi connectivity index (χ3n) is 2.29. The molecule has 0 aliphatic heterocycles. The number of hydrogen-bond acceptors (Lipinski definition) is 2. The Morgan fingerprint density at radius 2 is 2.38 bits per heavy atom. The van der Waals surface area contributed by atoms with Crippen LogP contribution in [0.1, 0.15) is 32.6 Å². The van der Waals surface area contributed by atoms with Gasteiger partial charge in [-0.1, -0.05) is 6.92 Å². The van der Waals surface area contributed by atoms with Gasteiger partial charge in [0.1, 0.15) is 0 Å². The van der Waals surface area contributed by atoms with Crippen molar-refractivity contribution in [3.63, 3.8) is 0 Å². The van der Waals surface area contributed by atoms with Crippen molar-refractivity contribution in [1.82, 2.24) is 10.7 Å². The fourth-order valence-corrected chi connectivity index (χ4v) is 1.59. The molecule has 0 amide bonds. The van der Waals surface area contributed by atoms with Crippen LogP contribution in [-0.2, 0) is 0 Å². The Bertz CT molecular complexity index is 213. The van der Waals surface area contributed by atoms with Gasteiger partial charge in [0.15, 0.2) is 5.11 Å². The van der Waals surface area contributed by atoms with E-state index in [0.717, 1.165) is 18.8 Å². The molecule has 1 saturated carbocycles. The van der Waals surface area contributed by atoms with Crippen LogP contribution in [0.4, 0.5) is 0 Å². The van der Waals surface area contributed by atoms with Crippen LogP contribution < -0.4 is 10.7 Å². The van der Waals surface area contributed by atoms with Gasteiger partial charge in [0.25, 0.3) is 0 Å². The van der Waals surface area contributed by atoms with Crippen LogP contribution in [0.2, 0.25) is 0 Å². The third kappa shape index (κ3) is 3.72. The summed E-state index contributed by atoms with van der Waals surface area (Å²) < 4.78 is 0. The molecule has 3 nitrogen and oxygen atoms in total. The third-order valence-corrected chi connectivity index (χ3v) is 2.58. The van der Waals surface area contributed by atoms with E-state index in [1.807, 2.05) is 0 Å². The largest absolute Gasteiger partial charge is 0.364 e. The lowest BCUT2D eigenvalue weighted by Crippen LogP contribution is -2.30. The van der Waals surface area contributed by atoms with Crippen LogP contribution in [-0.4, -0.2) is 17.9 Å². The average molecular weight is 199 g/mol. The molecule has 0 bridgehead atoms. The average Bonchev–Trinajstić information content (AvgIpc) is 2.14. The number of hydrazone groups is 1. The van der Waals surface area contributed by atoms with Crippen molar-refractivity contribution in [1.29, 1.82) is 0 Å². The van der Waals surface area contributed by atoms with Gasteiger partial charge in [-0.15, -0.1) is 0 Å². The van der Waals surface area contributed by atoms with Gasteiger partial charge in [-0.25, -0.2) is 0 Å². The van der Waals surface area contributed by atoms with E-state index in [9.17, 15) is 0 Å². The molecule has 0 aromatic rings. The highest BCUT2D eigenvalue weighted by Gasteiger charge is 2.13. The van der Waals surface area contributed by atoms with E-state index in [1.54, 1.807) is 7.05 Å². The Labute approximate surface area is 85.0 Å². The van der Waals surface area contributed by atoms with Crippen molar-refractivity contribution in [2.75, 3.05) is 7.05 Å². The lowest BCUT2D eigenvalue weighted by Gasteiger charge is -2.19. The van der Waals surface area contributed by atoms with Crippen LogP contribution in [0.15, 0.2) is 5.10 Å². The highest BCUT2D eigenvalue weighted by atomic mass is 32.1. The highest BCUT2D eigenvalue weighted by molar-refractivity contribution is 7.80. The molecule has 1 rings (SSSR count). The van der Waals surface area contributed by atoms with Gasteiger partial charge in [-0.2, -0.15) is 5.10 Å². The zero-order valence-electron chi connectivity index (χ0n) is 8.26. The van der Waals surface area contributed by atoms with Crippen LogP contribution in [0.25, 0.3) is 0 Å². The molecule has 1 atom stereocenters. The lowest BCUT2D eigenvalue weighted by atomic mass is 9.89. The van der Waals surface area contributed by atoms with Gasteiger partial charge in [-0.3, -0.25) is 5.43 Å². The van der Waals surface area contributed by atoms with Gasteiger partial charge in [-0.05, 0) is 43.8 Å². The zero-order valence-corrected chi connectivity index (χ0v) is 9.08. The predicted octanol–water partition coefficient (Wildman–Crippen LogP) is 1.65. The fraction of sp³-hybridized carbons (Fsp3) is 0.778. The van der Waals surface area contributed by atoms with E-state index >= 15 is 0 Å². The van der Waals surface area contributed by atoms with Crippen LogP contribution in [0, 0.1) is 5.92 Å². The van der Waals surface area contributed by atoms with Crippen molar-refractivity contribution in [2.45, 2.75) is 32.6 Å². The van der Waals surface area contributed by atoms with Crippen LogP contribution in [0.3, 0.4) is 0 Å². The molecule has 0 spiro atoms. The summed E-state index contributed by atoms with van der Waals surface area (Å²) in [5.41, 5.74) is 4.08. The molecule has 74 valence electrons. The molecule has 0 aromatic carbocycles. The van der Waals surface area contributed by atoms with Crippen molar-refractivity contribution in [2.24, 2.45) is 11.0 Å². The first-order valence-corrected chi connectivity index (χ1v) is 5.16. The van der Waals surface area contributed by atoms with Crippen molar-refractivity contribution in [3.05, 3.63) is 0 Å². The van der Waals surface area contributed by atoms with E-state index < -0.39 is 0 Å². The van der Waals surface area contributed by atoms with Gasteiger partial charge < -0.3 is 5.32 Å². The molecule has 0 heterocycles. The summed E-state index contributed by atoms with van der Waals surface area (Å²) in [4.78, 5) is 0. The maximum absolute atomic E-state index is 4.92. The molecule has 4 heteroatoms. The molecule has 13 heavy (non-hydrogen) atoms. The van der Waals surface area contributed by atoms with Crippen LogP contribution in [0.5, 0.6) is 0 Å². The zero-order chi connectivity index (χ0) is 9.68. The number of nitrogens with zero attached hydrogens (tertiary/aromatic N) is 1. The number of nitrogens with one attached hydrogen (secondary N) is 2. The second kappa shape index (κ2) is 5.17. The fourth-order valence-electron chi connectivity index (χ4n) is 1.55. The summed E-state index contributed by atoms with van der Waals surface area (Å²) in [5, 5.41) is 7.68. The smallest absolute Gasteiger partial charge is 0.186 e. The predicted molar refractivity (Wildman–Crippen MR) is 59.9 cm³/mol. The maximum atomic E-state index is 4.92. The number of rotatable bonds is 1. The van der Waals surface area contributed by atoms with Gasteiger partial charge >= 0.3 is 0 Å². The summed E-state index contributed by atoms with van der Waals surface area (Å²) in [5.74, 6) is 0.775. The second-order valence-corrected chi connectivity index (χ2v) is 3.98. The molecule has 1 fully saturated rings. The Balaban J connectivity index is 2.37. The van der Waals surface area contributed by atoms with Gasteiger partial charge in [0.05, 0.1) is 0 Å². The number of thiocarbonyl (C=S) groups is 1. The monoisotopic (exact) mass is 199 g/mol. The SMILES string of the molecule is CNC(=S)N/N=C1/CCCC(C)C1. The van der Waals surface area contributed by atoms with E-state index in [1.165, 1.54) is 18.6 Å². The van der Waals surface area contributed by atoms with E-state index in [4.69, 9.17) is 12.2 Å². The maximum Gasteiger partial charge on any atom is 0.186 e. The minimum absolute atomic E-state index is 0.589. The normalized spacial score (nSPS) is 25.7. The highest BCUT2D eigenvalue weighted by Crippen LogP contribution is 2.20. The summed E-state index contributed by atoms with van der Waals surface area (Å²) in [6, 6.07) is 0. The van der Waals surface area contributed by atoms with Crippen molar-refractivity contribution < 1.29 is 0 Å². The molecule has 0 radical (unpaired) electrons. The second-order valence-electron chi connectivity index (χ2n) is 3.57. The van der Waals surface area contributed by atoms with E-state index in [2.05, 4.69) is 22.8 Å². The van der Waals surface area contributed by atoms with E-state index in [0.29, 0.717) is 5.11 Å². The lowest BCUT2D eigenvalue weighted by molar-refractivity contribution is 0.498. The summed E-state index contributed by atoms with van der Waals surface area (Å²) >= 11 is 4.92. The Morgan fingerprint density at radius 3 is 3.00 bits per heavy atom. The standard InChI is InChI=1S/C9H17N3S/c1-7-4-3-5-8(6-7)11-12-9(13)10-2/h7H,3-6H2,1-2H3,(H2,10,12,13)/b11-8-. The topological polar surface area (TPSA) is 36.4 Å². The molecule has 2 N–H and O–H groups in total. The minimum atomic E-state index is 0.589. The molecule has 1 aliphatic carbocycles. The molecule has 0 saturated heterocycles. The summed E-state index contributed by atoms with van der Waals surface area (Å²) in [7, 11) is 1.79. The van der Waals surface area contributed by atoms with Crippen LogP contribution >= 0.6 is 12.2 Å². The van der Waals surface area contributed by atoms with E-state index in [-0.39, 0.29) is 0 Å². The first kappa shape index (κ1) is 10.4. The summed E-state index contributed by atoms with van der Waals surface area (Å²) in [6.07, 6.45) is 4.81. The minimum Gasteiger partial charge on any atom is -0.364 e. The Morgan fingerprint density at radius 1 is 1.62 bits per heavy atom. The molecule has 1 unspecified atom stereocenters.